The Morgan fingerprint density at radius 2 is 2.43 bits per heavy atom. The molecular formula is C11H16N2O. The zero-order chi connectivity index (χ0) is 10.4. The van der Waals surface area contributed by atoms with E-state index < -0.39 is 0 Å². The molecular weight excluding hydrogens is 176 g/mol. The summed E-state index contributed by atoms with van der Waals surface area (Å²) in [4.78, 5) is 15.0. The molecule has 1 heterocycles. The fourth-order valence-corrected chi connectivity index (χ4v) is 1.43. The maximum absolute atomic E-state index is 11.0. The van der Waals surface area contributed by atoms with Gasteiger partial charge in [0.25, 0.3) is 0 Å². The second-order valence-electron chi connectivity index (χ2n) is 3.41. The number of aryl methyl sites for hydroxylation is 1. The lowest BCUT2D eigenvalue weighted by Gasteiger charge is -2.09. The minimum atomic E-state index is -0.198. The second-order valence-corrected chi connectivity index (χ2v) is 3.41. The predicted molar refractivity (Wildman–Crippen MR) is 55.5 cm³/mol. The van der Waals surface area contributed by atoms with Crippen LogP contribution in [0.2, 0.25) is 0 Å². The summed E-state index contributed by atoms with van der Waals surface area (Å²) in [5.74, 6) is -0.202. The van der Waals surface area contributed by atoms with Crippen LogP contribution in [-0.4, -0.2) is 10.9 Å². The molecule has 14 heavy (non-hydrogen) atoms. The average Bonchev–Trinajstić information content (AvgIpc) is 2.20. The molecule has 0 unspecified atom stereocenters. The van der Waals surface area contributed by atoms with Crippen molar-refractivity contribution in [2.45, 2.75) is 26.2 Å². The Morgan fingerprint density at radius 1 is 1.64 bits per heavy atom. The highest BCUT2D eigenvalue weighted by Gasteiger charge is 2.12. The van der Waals surface area contributed by atoms with Gasteiger partial charge in [0.05, 0.1) is 0 Å². The highest BCUT2D eigenvalue weighted by atomic mass is 16.1. The van der Waals surface area contributed by atoms with E-state index in [1.807, 2.05) is 25.3 Å². The lowest BCUT2D eigenvalue weighted by Crippen LogP contribution is -2.23. The van der Waals surface area contributed by atoms with Crippen LogP contribution in [0.1, 0.15) is 25.3 Å². The smallest absolute Gasteiger partial charge is 0.220 e. The zero-order valence-corrected chi connectivity index (χ0v) is 8.44. The van der Waals surface area contributed by atoms with E-state index in [0.29, 0.717) is 0 Å². The van der Waals surface area contributed by atoms with Gasteiger partial charge in [-0.2, -0.15) is 0 Å². The topological polar surface area (TPSA) is 56.0 Å². The van der Waals surface area contributed by atoms with E-state index in [1.54, 1.807) is 6.20 Å². The molecule has 76 valence electrons. The van der Waals surface area contributed by atoms with E-state index >= 15 is 0 Å². The Bertz CT molecular complexity index is 285. The molecule has 0 saturated heterocycles. The first-order chi connectivity index (χ1) is 6.74. The van der Waals surface area contributed by atoms with Crippen molar-refractivity contribution in [3.63, 3.8) is 0 Å². The van der Waals surface area contributed by atoms with Crippen LogP contribution >= 0.6 is 0 Å². The van der Waals surface area contributed by atoms with E-state index in [4.69, 9.17) is 5.73 Å². The fraction of sp³-hybridized carbons (Fsp3) is 0.455. The minimum absolute atomic E-state index is 0.00444. The number of nitrogens with zero attached hydrogens (tertiary/aromatic N) is 1. The summed E-state index contributed by atoms with van der Waals surface area (Å²) in [6, 6.07) is 3.92. The van der Waals surface area contributed by atoms with Gasteiger partial charge in [0.2, 0.25) is 5.91 Å². The monoisotopic (exact) mass is 192 g/mol. The summed E-state index contributed by atoms with van der Waals surface area (Å²) in [6.07, 6.45) is 6.07. The van der Waals surface area contributed by atoms with Crippen LogP contribution in [0.15, 0.2) is 24.5 Å². The van der Waals surface area contributed by atoms with Gasteiger partial charge in [0, 0.05) is 18.3 Å². The summed E-state index contributed by atoms with van der Waals surface area (Å²) < 4.78 is 0. The molecule has 0 aliphatic carbocycles. The Labute approximate surface area is 84.3 Å². The van der Waals surface area contributed by atoms with Crippen molar-refractivity contribution < 1.29 is 4.79 Å². The number of nitrogens with two attached hydrogens (primary N) is 1. The standard InChI is InChI=1S/C11H16N2O/c1-2-10(11(12)14)6-5-9-4-3-7-13-8-9/h3-4,7-8,10H,2,5-6H2,1H3,(H2,12,14)/t10-/m1/s1. The van der Waals surface area contributed by atoms with E-state index in [2.05, 4.69) is 4.98 Å². The Kier molecular flexibility index (Phi) is 4.11. The number of aromatic nitrogens is 1. The molecule has 0 saturated carbocycles. The summed E-state index contributed by atoms with van der Waals surface area (Å²) in [5, 5.41) is 0. The Balaban J connectivity index is 2.44. The number of pyridine rings is 1. The van der Waals surface area contributed by atoms with Crippen molar-refractivity contribution in [1.29, 1.82) is 0 Å². The normalized spacial score (nSPS) is 12.4. The van der Waals surface area contributed by atoms with Gasteiger partial charge in [-0.25, -0.2) is 0 Å². The van der Waals surface area contributed by atoms with Gasteiger partial charge in [-0.3, -0.25) is 9.78 Å². The van der Waals surface area contributed by atoms with Crippen molar-refractivity contribution in [2.75, 3.05) is 0 Å². The van der Waals surface area contributed by atoms with Gasteiger partial charge < -0.3 is 5.73 Å². The first kappa shape index (κ1) is 10.7. The van der Waals surface area contributed by atoms with E-state index in [9.17, 15) is 4.79 Å². The number of amides is 1. The number of hydrogen-bond acceptors (Lipinski definition) is 2. The molecule has 3 nitrogen and oxygen atoms in total. The number of carbonyl (C=O) groups excluding carboxylic acids is 1. The molecule has 0 spiro atoms. The maximum atomic E-state index is 11.0. The number of rotatable bonds is 5. The third-order valence-electron chi connectivity index (χ3n) is 2.40. The van der Waals surface area contributed by atoms with Crippen LogP contribution in [0.5, 0.6) is 0 Å². The lowest BCUT2D eigenvalue weighted by molar-refractivity contribution is -0.122. The lowest BCUT2D eigenvalue weighted by atomic mass is 9.97. The molecule has 0 aliphatic rings. The summed E-state index contributed by atoms with van der Waals surface area (Å²) in [6.45, 7) is 1.98. The predicted octanol–water partition coefficient (Wildman–Crippen LogP) is 1.53. The van der Waals surface area contributed by atoms with Crippen molar-refractivity contribution in [1.82, 2.24) is 4.98 Å². The van der Waals surface area contributed by atoms with Crippen LogP contribution in [0.25, 0.3) is 0 Å². The van der Waals surface area contributed by atoms with Crippen molar-refractivity contribution in [3.8, 4) is 0 Å². The molecule has 1 atom stereocenters. The van der Waals surface area contributed by atoms with E-state index in [1.165, 1.54) is 0 Å². The van der Waals surface area contributed by atoms with Crippen LogP contribution < -0.4 is 5.73 Å². The molecule has 0 radical (unpaired) electrons. The molecule has 2 N–H and O–H groups in total. The van der Waals surface area contributed by atoms with Crippen LogP contribution in [0.3, 0.4) is 0 Å². The van der Waals surface area contributed by atoms with Gasteiger partial charge in [-0.1, -0.05) is 13.0 Å². The molecule has 0 aliphatic heterocycles. The summed E-state index contributed by atoms with van der Waals surface area (Å²) in [5.41, 5.74) is 6.42. The summed E-state index contributed by atoms with van der Waals surface area (Å²) in [7, 11) is 0. The van der Waals surface area contributed by atoms with Gasteiger partial charge >= 0.3 is 0 Å². The van der Waals surface area contributed by atoms with Crippen molar-refractivity contribution in [3.05, 3.63) is 30.1 Å². The van der Waals surface area contributed by atoms with E-state index in [0.717, 1.165) is 24.8 Å². The number of hydrogen-bond donors (Lipinski definition) is 1. The Morgan fingerprint density at radius 3 is 2.93 bits per heavy atom. The quantitative estimate of drug-likeness (QED) is 0.769. The summed E-state index contributed by atoms with van der Waals surface area (Å²) >= 11 is 0. The zero-order valence-electron chi connectivity index (χ0n) is 8.44. The van der Waals surface area contributed by atoms with Crippen LogP contribution in [-0.2, 0) is 11.2 Å². The molecule has 1 amide bonds. The van der Waals surface area contributed by atoms with Crippen molar-refractivity contribution >= 4 is 5.91 Å². The SMILES string of the molecule is CC[C@H](CCc1cccnc1)C(N)=O. The molecule has 1 aromatic heterocycles. The third-order valence-corrected chi connectivity index (χ3v) is 2.40. The maximum Gasteiger partial charge on any atom is 0.220 e. The minimum Gasteiger partial charge on any atom is -0.369 e. The van der Waals surface area contributed by atoms with Gasteiger partial charge in [-0.05, 0) is 30.9 Å². The van der Waals surface area contributed by atoms with Crippen LogP contribution in [0, 0.1) is 5.92 Å². The molecule has 0 bridgehead atoms. The van der Waals surface area contributed by atoms with Crippen LogP contribution in [0.4, 0.5) is 0 Å². The number of carbonyl (C=O) groups is 1. The van der Waals surface area contributed by atoms with Gasteiger partial charge in [-0.15, -0.1) is 0 Å². The number of primary amides is 1. The highest BCUT2D eigenvalue weighted by molar-refractivity contribution is 5.76. The molecule has 0 fully saturated rings. The molecule has 0 aromatic carbocycles. The first-order valence-corrected chi connectivity index (χ1v) is 4.92. The highest BCUT2D eigenvalue weighted by Crippen LogP contribution is 2.11. The Hall–Kier alpha value is -1.38. The largest absolute Gasteiger partial charge is 0.369 e. The molecule has 1 rings (SSSR count). The second kappa shape index (κ2) is 5.37. The first-order valence-electron chi connectivity index (χ1n) is 4.92. The average molecular weight is 192 g/mol. The fourth-order valence-electron chi connectivity index (χ4n) is 1.43. The van der Waals surface area contributed by atoms with Gasteiger partial charge in [0.1, 0.15) is 0 Å². The third kappa shape index (κ3) is 3.17. The van der Waals surface area contributed by atoms with Gasteiger partial charge in [0.15, 0.2) is 0 Å². The molecule has 1 aromatic rings. The van der Waals surface area contributed by atoms with Crippen molar-refractivity contribution in [2.24, 2.45) is 11.7 Å². The molecule has 3 heteroatoms. The van der Waals surface area contributed by atoms with E-state index in [-0.39, 0.29) is 11.8 Å².